The van der Waals surface area contributed by atoms with Gasteiger partial charge in [-0.05, 0) is 18.8 Å². The number of ether oxygens (including phenoxy) is 1. The van der Waals surface area contributed by atoms with Crippen molar-refractivity contribution in [3.8, 4) is 0 Å². The SMILES string of the molecule is COCCSC1CCC(N)C1C. The minimum Gasteiger partial charge on any atom is -0.384 e. The summed E-state index contributed by atoms with van der Waals surface area (Å²) >= 11 is 2.02. The summed E-state index contributed by atoms with van der Waals surface area (Å²) in [6.07, 6.45) is 2.49. The van der Waals surface area contributed by atoms with E-state index >= 15 is 0 Å². The summed E-state index contributed by atoms with van der Waals surface area (Å²) in [5, 5.41) is 0.773. The van der Waals surface area contributed by atoms with E-state index in [0.717, 1.165) is 17.6 Å². The minimum absolute atomic E-state index is 0.435. The van der Waals surface area contributed by atoms with E-state index in [1.807, 2.05) is 11.8 Å². The Kier molecular flexibility index (Phi) is 4.40. The fourth-order valence-corrected chi connectivity index (χ4v) is 3.05. The lowest BCUT2D eigenvalue weighted by Crippen LogP contribution is -2.26. The van der Waals surface area contributed by atoms with Crippen molar-refractivity contribution in [2.45, 2.75) is 31.1 Å². The van der Waals surface area contributed by atoms with Gasteiger partial charge in [0, 0.05) is 24.2 Å². The van der Waals surface area contributed by atoms with Gasteiger partial charge in [-0.25, -0.2) is 0 Å². The van der Waals surface area contributed by atoms with Crippen LogP contribution in [0.25, 0.3) is 0 Å². The van der Waals surface area contributed by atoms with E-state index in [1.165, 1.54) is 12.8 Å². The first-order chi connectivity index (χ1) is 5.75. The molecule has 0 aromatic heterocycles. The Hall–Kier alpha value is 0.270. The van der Waals surface area contributed by atoms with Crippen molar-refractivity contribution >= 4 is 11.8 Å². The van der Waals surface area contributed by atoms with Crippen molar-refractivity contribution < 1.29 is 4.74 Å². The highest BCUT2D eigenvalue weighted by molar-refractivity contribution is 7.99. The second-order valence-electron chi connectivity index (χ2n) is 3.50. The third kappa shape index (κ3) is 2.64. The zero-order chi connectivity index (χ0) is 8.97. The highest BCUT2D eigenvalue weighted by Crippen LogP contribution is 2.33. The first-order valence-electron chi connectivity index (χ1n) is 4.62. The van der Waals surface area contributed by atoms with Crippen LogP contribution in [0.1, 0.15) is 19.8 Å². The molecule has 3 atom stereocenters. The highest BCUT2D eigenvalue weighted by atomic mass is 32.2. The number of nitrogens with two attached hydrogens (primary N) is 1. The van der Waals surface area contributed by atoms with E-state index in [9.17, 15) is 0 Å². The zero-order valence-electron chi connectivity index (χ0n) is 7.95. The molecule has 1 aliphatic rings. The number of rotatable bonds is 4. The average Bonchev–Trinajstić information content (AvgIpc) is 2.36. The predicted molar refractivity (Wildman–Crippen MR) is 54.5 cm³/mol. The lowest BCUT2D eigenvalue weighted by atomic mass is 10.1. The summed E-state index contributed by atoms with van der Waals surface area (Å²) in [5.41, 5.74) is 5.93. The molecule has 1 aliphatic carbocycles. The van der Waals surface area contributed by atoms with Crippen LogP contribution in [0.4, 0.5) is 0 Å². The fourth-order valence-electron chi connectivity index (χ4n) is 1.68. The average molecular weight is 189 g/mol. The van der Waals surface area contributed by atoms with Crippen molar-refractivity contribution in [1.82, 2.24) is 0 Å². The molecule has 3 unspecified atom stereocenters. The summed E-state index contributed by atoms with van der Waals surface area (Å²) in [6.45, 7) is 3.13. The molecule has 2 N–H and O–H groups in total. The Balaban J connectivity index is 2.16. The Bertz CT molecular complexity index is 132. The van der Waals surface area contributed by atoms with E-state index in [2.05, 4.69) is 6.92 Å². The van der Waals surface area contributed by atoms with Crippen LogP contribution in [-0.4, -0.2) is 30.8 Å². The van der Waals surface area contributed by atoms with Crippen LogP contribution < -0.4 is 5.73 Å². The van der Waals surface area contributed by atoms with Gasteiger partial charge in [0.2, 0.25) is 0 Å². The minimum atomic E-state index is 0.435. The van der Waals surface area contributed by atoms with E-state index in [-0.39, 0.29) is 0 Å². The molecule has 0 heterocycles. The van der Waals surface area contributed by atoms with Gasteiger partial charge < -0.3 is 10.5 Å². The van der Waals surface area contributed by atoms with Crippen LogP contribution in [0.5, 0.6) is 0 Å². The van der Waals surface area contributed by atoms with E-state index in [0.29, 0.717) is 12.0 Å². The van der Waals surface area contributed by atoms with Gasteiger partial charge in [-0.2, -0.15) is 11.8 Å². The van der Waals surface area contributed by atoms with Gasteiger partial charge in [-0.15, -0.1) is 0 Å². The highest BCUT2D eigenvalue weighted by Gasteiger charge is 2.29. The smallest absolute Gasteiger partial charge is 0.0553 e. The molecule has 2 nitrogen and oxygen atoms in total. The lowest BCUT2D eigenvalue weighted by Gasteiger charge is -2.16. The maximum absolute atomic E-state index is 5.93. The molecule has 0 aromatic carbocycles. The number of hydrogen-bond donors (Lipinski definition) is 1. The van der Waals surface area contributed by atoms with Crippen molar-refractivity contribution in [1.29, 1.82) is 0 Å². The van der Waals surface area contributed by atoms with Gasteiger partial charge in [0.25, 0.3) is 0 Å². The maximum atomic E-state index is 5.93. The maximum Gasteiger partial charge on any atom is 0.0553 e. The first-order valence-corrected chi connectivity index (χ1v) is 5.66. The van der Waals surface area contributed by atoms with Gasteiger partial charge >= 0.3 is 0 Å². The van der Waals surface area contributed by atoms with E-state index < -0.39 is 0 Å². The van der Waals surface area contributed by atoms with Crippen LogP contribution in [-0.2, 0) is 4.74 Å². The van der Waals surface area contributed by atoms with Gasteiger partial charge in [0.1, 0.15) is 0 Å². The molecule has 0 bridgehead atoms. The van der Waals surface area contributed by atoms with Gasteiger partial charge in [0.15, 0.2) is 0 Å². The van der Waals surface area contributed by atoms with Crippen LogP contribution in [0.15, 0.2) is 0 Å². The molecule has 0 radical (unpaired) electrons. The fraction of sp³-hybridized carbons (Fsp3) is 1.00. The molecule has 0 saturated heterocycles. The zero-order valence-corrected chi connectivity index (χ0v) is 8.77. The van der Waals surface area contributed by atoms with Crippen LogP contribution in [0, 0.1) is 5.92 Å². The normalized spacial score (nSPS) is 35.8. The molecule has 72 valence electrons. The molecule has 0 spiro atoms. The number of methoxy groups -OCH3 is 1. The van der Waals surface area contributed by atoms with Crippen molar-refractivity contribution in [2.75, 3.05) is 19.5 Å². The quantitative estimate of drug-likeness (QED) is 0.681. The standard InChI is InChI=1S/C9H19NOS/c1-7-8(10)3-4-9(7)12-6-5-11-2/h7-9H,3-6,10H2,1-2H3. The Morgan fingerprint density at radius 3 is 2.75 bits per heavy atom. The lowest BCUT2D eigenvalue weighted by molar-refractivity contribution is 0.218. The van der Waals surface area contributed by atoms with Crippen molar-refractivity contribution in [3.05, 3.63) is 0 Å². The molecule has 1 fully saturated rings. The van der Waals surface area contributed by atoms with Gasteiger partial charge in [-0.3, -0.25) is 0 Å². The Morgan fingerprint density at radius 1 is 1.50 bits per heavy atom. The molecule has 1 saturated carbocycles. The molecule has 1 rings (SSSR count). The summed E-state index contributed by atoms with van der Waals surface area (Å²) in [5.74, 6) is 1.80. The number of hydrogen-bond acceptors (Lipinski definition) is 3. The second-order valence-corrected chi connectivity index (χ2v) is 4.85. The summed E-state index contributed by atoms with van der Waals surface area (Å²) < 4.78 is 5.01. The number of thioether (sulfide) groups is 1. The Labute approximate surface area is 79.2 Å². The third-order valence-corrected chi connectivity index (χ3v) is 4.16. The third-order valence-electron chi connectivity index (χ3n) is 2.67. The summed E-state index contributed by atoms with van der Waals surface area (Å²) in [4.78, 5) is 0. The predicted octanol–water partition coefficient (Wildman–Crippen LogP) is 1.49. The monoisotopic (exact) mass is 189 g/mol. The molecular weight excluding hydrogens is 170 g/mol. The van der Waals surface area contributed by atoms with Crippen LogP contribution in [0.2, 0.25) is 0 Å². The molecule has 0 aliphatic heterocycles. The molecule has 0 amide bonds. The Morgan fingerprint density at radius 2 is 2.25 bits per heavy atom. The van der Waals surface area contributed by atoms with Crippen molar-refractivity contribution in [2.24, 2.45) is 11.7 Å². The topological polar surface area (TPSA) is 35.2 Å². The van der Waals surface area contributed by atoms with Crippen molar-refractivity contribution in [3.63, 3.8) is 0 Å². The molecule has 0 aromatic rings. The van der Waals surface area contributed by atoms with Crippen LogP contribution in [0.3, 0.4) is 0 Å². The summed E-state index contributed by atoms with van der Waals surface area (Å²) in [6, 6.07) is 0.435. The first kappa shape index (κ1) is 10.4. The van der Waals surface area contributed by atoms with Gasteiger partial charge in [0.05, 0.1) is 6.61 Å². The molecule has 3 heteroatoms. The second kappa shape index (κ2) is 5.10. The summed E-state index contributed by atoms with van der Waals surface area (Å²) in [7, 11) is 1.75. The molecule has 12 heavy (non-hydrogen) atoms. The van der Waals surface area contributed by atoms with E-state index in [1.54, 1.807) is 7.11 Å². The van der Waals surface area contributed by atoms with Crippen LogP contribution >= 0.6 is 11.8 Å². The van der Waals surface area contributed by atoms with Gasteiger partial charge in [-0.1, -0.05) is 6.92 Å². The largest absolute Gasteiger partial charge is 0.384 e. The molecular formula is C9H19NOS. The van der Waals surface area contributed by atoms with E-state index in [4.69, 9.17) is 10.5 Å².